The number of hydrogen-bond acceptors (Lipinski definition) is 3. The average Bonchev–Trinajstić information content (AvgIpc) is 2.70. The lowest BCUT2D eigenvalue weighted by molar-refractivity contribution is 0.234. The van der Waals surface area contributed by atoms with Crippen LogP contribution in [-0.4, -0.2) is 32.1 Å². The van der Waals surface area contributed by atoms with E-state index in [1.165, 1.54) is 41.5 Å². The molecule has 0 heterocycles. The molecule has 1 aliphatic rings. The molecule has 2 N–H and O–H groups in total. The van der Waals surface area contributed by atoms with Crippen LogP contribution < -0.4 is 10.5 Å². The van der Waals surface area contributed by atoms with Crippen LogP contribution in [-0.2, 0) is 19.4 Å². The van der Waals surface area contributed by atoms with Crippen LogP contribution in [0.5, 0.6) is 5.75 Å². The number of hydrogen-bond donors (Lipinski definition) is 1. The molecule has 0 radical (unpaired) electrons. The van der Waals surface area contributed by atoms with E-state index >= 15 is 0 Å². The molecule has 2 aromatic rings. The summed E-state index contributed by atoms with van der Waals surface area (Å²) >= 11 is 0. The summed E-state index contributed by atoms with van der Waals surface area (Å²) in [6.45, 7) is 4.73. The number of rotatable bonds is 9. The molecule has 1 aliphatic carbocycles. The van der Waals surface area contributed by atoms with Gasteiger partial charge < -0.3 is 15.4 Å². The quantitative estimate of drug-likeness (QED) is 0.681. The standard InChI is InChI=1S/C25H36N2O/c1-4-6-24(16-26)23-12-11-21-13-20(9-10-22(21)15-23)18-28-25-8-5-7-19(14-25)17-27(2)3/h5,7-8,11-12,14-15,20,24H,4,6,9-10,13,16-18,26H2,1-3H3. The van der Waals surface area contributed by atoms with Crippen molar-refractivity contribution in [2.24, 2.45) is 11.7 Å². The van der Waals surface area contributed by atoms with Gasteiger partial charge >= 0.3 is 0 Å². The first-order valence-electron chi connectivity index (χ1n) is 10.8. The minimum absolute atomic E-state index is 0.505. The van der Waals surface area contributed by atoms with Gasteiger partial charge in [-0.05, 0) is 92.5 Å². The highest BCUT2D eigenvalue weighted by atomic mass is 16.5. The highest BCUT2D eigenvalue weighted by Gasteiger charge is 2.21. The zero-order valence-corrected chi connectivity index (χ0v) is 17.8. The predicted molar refractivity (Wildman–Crippen MR) is 118 cm³/mol. The molecule has 0 bridgehead atoms. The van der Waals surface area contributed by atoms with Crippen LogP contribution >= 0.6 is 0 Å². The molecule has 2 aromatic carbocycles. The van der Waals surface area contributed by atoms with E-state index in [0.29, 0.717) is 11.8 Å². The van der Waals surface area contributed by atoms with Crippen LogP contribution in [0.15, 0.2) is 42.5 Å². The van der Waals surface area contributed by atoms with E-state index in [-0.39, 0.29) is 0 Å². The molecular weight excluding hydrogens is 344 g/mol. The first kappa shape index (κ1) is 20.9. The molecule has 3 rings (SSSR count). The minimum atomic E-state index is 0.505. The van der Waals surface area contributed by atoms with Crippen molar-refractivity contribution < 1.29 is 4.74 Å². The summed E-state index contributed by atoms with van der Waals surface area (Å²) < 4.78 is 6.16. The Morgan fingerprint density at radius 2 is 2.00 bits per heavy atom. The third-order valence-electron chi connectivity index (χ3n) is 5.84. The summed E-state index contributed by atoms with van der Waals surface area (Å²) in [5, 5.41) is 0. The van der Waals surface area contributed by atoms with Crippen molar-refractivity contribution in [3.05, 3.63) is 64.7 Å². The maximum atomic E-state index is 6.16. The lowest BCUT2D eigenvalue weighted by Gasteiger charge is -2.26. The van der Waals surface area contributed by atoms with Crippen molar-refractivity contribution in [2.75, 3.05) is 27.2 Å². The molecule has 3 nitrogen and oxygen atoms in total. The second-order valence-corrected chi connectivity index (χ2v) is 8.55. The summed E-state index contributed by atoms with van der Waals surface area (Å²) in [6, 6.07) is 15.6. The van der Waals surface area contributed by atoms with Crippen molar-refractivity contribution in [1.82, 2.24) is 4.90 Å². The molecule has 2 atom stereocenters. The Balaban J connectivity index is 1.58. The number of benzene rings is 2. The first-order valence-corrected chi connectivity index (χ1v) is 10.8. The number of nitrogens with two attached hydrogens (primary N) is 1. The van der Waals surface area contributed by atoms with Gasteiger partial charge in [0.05, 0.1) is 6.61 Å². The van der Waals surface area contributed by atoms with E-state index in [2.05, 4.69) is 68.4 Å². The summed E-state index contributed by atoms with van der Waals surface area (Å²) in [5.41, 5.74) is 11.7. The Bertz CT molecular complexity index is 756. The number of nitrogens with zero attached hydrogens (tertiary/aromatic N) is 1. The molecule has 0 spiro atoms. The number of aryl methyl sites for hydroxylation is 1. The predicted octanol–water partition coefficient (Wildman–Crippen LogP) is 4.77. The van der Waals surface area contributed by atoms with Gasteiger partial charge in [0, 0.05) is 6.54 Å². The Kier molecular flexibility index (Phi) is 7.52. The van der Waals surface area contributed by atoms with Crippen molar-refractivity contribution in [3.8, 4) is 5.75 Å². The van der Waals surface area contributed by atoms with Crippen molar-refractivity contribution >= 4 is 0 Å². The van der Waals surface area contributed by atoms with Gasteiger partial charge in [-0.25, -0.2) is 0 Å². The van der Waals surface area contributed by atoms with Crippen LogP contribution in [0.2, 0.25) is 0 Å². The third kappa shape index (κ3) is 5.59. The van der Waals surface area contributed by atoms with Crippen LogP contribution in [0.4, 0.5) is 0 Å². The highest BCUT2D eigenvalue weighted by molar-refractivity contribution is 5.36. The second kappa shape index (κ2) is 10.1. The molecule has 0 amide bonds. The Morgan fingerprint density at radius 1 is 1.14 bits per heavy atom. The zero-order chi connectivity index (χ0) is 19.9. The van der Waals surface area contributed by atoms with Crippen LogP contribution in [0, 0.1) is 5.92 Å². The van der Waals surface area contributed by atoms with E-state index in [0.717, 1.165) is 38.3 Å². The van der Waals surface area contributed by atoms with E-state index in [1.54, 1.807) is 0 Å². The van der Waals surface area contributed by atoms with E-state index in [9.17, 15) is 0 Å². The van der Waals surface area contributed by atoms with Gasteiger partial charge in [0.1, 0.15) is 5.75 Å². The smallest absolute Gasteiger partial charge is 0.119 e. The van der Waals surface area contributed by atoms with Crippen molar-refractivity contribution in [2.45, 2.75) is 51.5 Å². The topological polar surface area (TPSA) is 38.5 Å². The van der Waals surface area contributed by atoms with Crippen molar-refractivity contribution in [3.63, 3.8) is 0 Å². The molecule has 0 saturated carbocycles. The maximum absolute atomic E-state index is 6.16. The molecule has 0 saturated heterocycles. The summed E-state index contributed by atoms with van der Waals surface area (Å²) in [5.74, 6) is 2.09. The molecule has 28 heavy (non-hydrogen) atoms. The summed E-state index contributed by atoms with van der Waals surface area (Å²) in [4.78, 5) is 2.18. The molecular formula is C25H36N2O. The number of fused-ring (bicyclic) bond motifs is 1. The monoisotopic (exact) mass is 380 g/mol. The largest absolute Gasteiger partial charge is 0.493 e. The highest BCUT2D eigenvalue weighted by Crippen LogP contribution is 2.30. The lowest BCUT2D eigenvalue weighted by atomic mass is 9.82. The summed E-state index contributed by atoms with van der Waals surface area (Å²) in [6.07, 6.45) is 5.84. The van der Waals surface area contributed by atoms with Crippen LogP contribution in [0.3, 0.4) is 0 Å². The van der Waals surface area contributed by atoms with Gasteiger partial charge in [-0.3, -0.25) is 0 Å². The van der Waals surface area contributed by atoms with E-state index in [4.69, 9.17) is 10.5 Å². The minimum Gasteiger partial charge on any atom is -0.493 e. The third-order valence-corrected chi connectivity index (χ3v) is 5.84. The fourth-order valence-electron chi connectivity index (χ4n) is 4.33. The van der Waals surface area contributed by atoms with Gasteiger partial charge in [0.15, 0.2) is 0 Å². The second-order valence-electron chi connectivity index (χ2n) is 8.55. The molecule has 0 aliphatic heterocycles. The Morgan fingerprint density at radius 3 is 2.75 bits per heavy atom. The van der Waals surface area contributed by atoms with E-state index in [1.807, 2.05) is 0 Å². The molecule has 152 valence electrons. The van der Waals surface area contributed by atoms with Gasteiger partial charge in [-0.2, -0.15) is 0 Å². The fraction of sp³-hybridized carbons (Fsp3) is 0.520. The van der Waals surface area contributed by atoms with Gasteiger partial charge in [0.2, 0.25) is 0 Å². The fourth-order valence-corrected chi connectivity index (χ4v) is 4.33. The molecule has 0 aromatic heterocycles. The maximum Gasteiger partial charge on any atom is 0.119 e. The SMILES string of the molecule is CCCC(CN)c1ccc2c(c1)CCC(COc1cccc(CN(C)C)c1)C2. The zero-order valence-electron chi connectivity index (χ0n) is 17.8. The first-order chi connectivity index (χ1) is 13.6. The lowest BCUT2D eigenvalue weighted by Crippen LogP contribution is -2.21. The van der Waals surface area contributed by atoms with Crippen LogP contribution in [0.25, 0.3) is 0 Å². The van der Waals surface area contributed by atoms with Gasteiger partial charge in [-0.15, -0.1) is 0 Å². The van der Waals surface area contributed by atoms with Crippen LogP contribution in [0.1, 0.15) is 54.4 Å². The summed E-state index contributed by atoms with van der Waals surface area (Å²) in [7, 11) is 4.19. The Labute approximate surface area is 170 Å². The van der Waals surface area contributed by atoms with Gasteiger partial charge in [-0.1, -0.05) is 43.7 Å². The van der Waals surface area contributed by atoms with Crippen molar-refractivity contribution in [1.29, 1.82) is 0 Å². The molecule has 2 unspecified atom stereocenters. The van der Waals surface area contributed by atoms with Gasteiger partial charge in [0.25, 0.3) is 0 Å². The normalized spacial score (nSPS) is 17.4. The average molecular weight is 381 g/mol. The Hall–Kier alpha value is -1.84. The van der Waals surface area contributed by atoms with E-state index < -0.39 is 0 Å². The molecule has 3 heteroatoms. The number of ether oxygens (including phenoxy) is 1. The molecule has 0 fully saturated rings.